The van der Waals surface area contributed by atoms with Gasteiger partial charge in [-0.2, -0.15) is 26.2 Å². The van der Waals surface area contributed by atoms with Crippen LogP contribution in [0, 0.1) is 0 Å². The van der Waals surface area contributed by atoms with E-state index in [0.29, 0.717) is 0 Å². The molecule has 0 bridgehead atoms. The Morgan fingerprint density at radius 2 is 1.00 bits per heavy atom. The van der Waals surface area contributed by atoms with Crippen molar-refractivity contribution < 1.29 is 19.5 Å². The van der Waals surface area contributed by atoms with E-state index < -0.39 is 0 Å². The van der Waals surface area contributed by atoms with Crippen molar-refractivity contribution >= 4 is 0 Å². The third-order valence-corrected chi connectivity index (χ3v) is 0.832. The molecule has 1 saturated heterocycles. The van der Waals surface area contributed by atoms with E-state index in [9.17, 15) is 0 Å². The molecule has 0 amide bonds. The quantitative estimate of drug-likeness (QED) is 0.498. The molecule has 0 spiro atoms. The Morgan fingerprint density at radius 1 is 0.714 bits per heavy atom. The van der Waals surface area contributed by atoms with E-state index in [4.69, 9.17) is 0 Å². The molecule has 2 nitrogen and oxygen atoms in total. The van der Waals surface area contributed by atoms with Gasteiger partial charge in [-0.15, -0.1) is 0 Å². The zero-order chi connectivity index (χ0) is 4.24. The van der Waals surface area contributed by atoms with Crippen molar-refractivity contribution in [3.05, 3.63) is 10.6 Å². The summed E-state index contributed by atoms with van der Waals surface area (Å²) in [6, 6.07) is 0. The smallest absolute Gasteiger partial charge is 0.665 e. The number of piperazine rings is 1. The van der Waals surface area contributed by atoms with Crippen molar-refractivity contribution in [2.75, 3.05) is 26.2 Å². The van der Waals surface area contributed by atoms with Crippen LogP contribution in [0.5, 0.6) is 0 Å². The van der Waals surface area contributed by atoms with Gasteiger partial charge in [-0.3, -0.25) is 0 Å². The van der Waals surface area contributed by atoms with Gasteiger partial charge in [0.1, 0.15) is 0 Å². The number of nitrogens with zero attached hydrogens (tertiary/aromatic N) is 2. The Kier molecular flexibility index (Phi) is 5.06. The Bertz CT molecular complexity index is 25.2. The van der Waals surface area contributed by atoms with Crippen LogP contribution in [-0.2, 0) is 19.5 Å². The summed E-state index contributed by atoms with van der Waals surface area (Å²) in [4.78, 5) is 0. The minimum atomic E-state index is 0. The summed E-state index contributed by atoms with van der Waals surface area (Å²) in [5, 5.41) is 8.17. The van der Waals surface area contributed by atoms with E-state index in [1.165, 1.54) is 0 Å². The molecule has 0 radical (unpaired) electrons. The van der Waals surface area contributed by atoms with Crippen LogP contribution in [0.2, 0.25) is 0 Å². The van der Waals surface area contributed by atoms with E-state index in [1.54, 1.807) is 0 Å². The van der Waals surface area contributed by atoms with Gasteiger partial charge >= 0.3 is 19.5 Å². The first kappa shape index (κ1) is 7.54. The van der Waals surface area contributed by atoms with Crippen molar-refractivity contribution in [2.45, 2.75) is 0 Å². The molecule has 0 aromatic rings. The Balaban J connectivity index is 0.000000360. The molecule has 0 unspecified atom stereocenters. The van der Waals surface area contributed by atoms with Gasteiger partial charge in [-0.25, -0.2) is 0 Å². The average Bonchev–Trinajstić information content (AvgIpc) is 1.72. The van der Waals surface area contributed by atoms with E-state index in [-0.39, 0.29) is 19.5 Å². The fourth-order valence-electron chi connectivity index (χ4n) is 0.506. The maximum atomic E-state index is 4.08. The molecule has 1 rings (SSSR count). The summed E-state index contributed by atoms with van der Waals surface area (Å²) in [5.74, 6) is 0. The van der Waals surface area contributed by atoms with Crippen LogP contribution in [0.4, 0.5) is 0 Å². The second kappa shape index (κ2) is 4.70. The molecule has 7 heavy (non-hydrogen) atoms. The summed E-state index contributed by atoms with van der Waals surface area (Å²) >= 11 is 0. The molecule has 1 fully saturated rings. The van der Waals surface area contributed by atoms with Gasteiger partial charge in [-0.1, -0.05) is 0 Å². The summed E-state index contributed by atoms with van der Waals surface area (Å²) in [7, 11) is 0. The zero-order valence-corrected chi connectivity index (χ0v) is 5.81. The van der Waals surface area contributed by atoms with Gasteiger partial charge in [0.05, 0.1) is 0 Å². The predicted molar refractivity (Wildman–Crippen MR) is 26.2 cm³/mol. The number of hydrogen-bond acceptors (Lipinski definition) is 0. The predicted octanol–water partition coefficient (Wildman–Crippen LogP) is 0.745. The molecule has 1 aliphatic heterocycles. The van der Waals surface area contributed by atoms with Gasteiger partial charge in [-0.05, 0) is 0 Å². The SMILES string of the molecule is C1C[N-]CC[N-]1.[Ru+2]. The van der Waals surface area contributed by atoms with E-state index in [1.807, 2.05) is 0 Å². The minimum absolute atomic E-state index is 0. The molecule has 3 heteroatoms. The Labute approximate surface area is 56.8 Å². The number of hydrogen-bond donors (Lipinski definition) is 0. The van der Waals surface area contributed by atoms with Gasteiger partial charge in [0.15, 0.2) is 0 Å². The topological polar surface area (TPSA) is 28.2 Å². The molecule has 0 aliphatic carbocycles. The van der Waals surface area contributed by atoms with E-state index in [0.717, 1.165) is 26.2 Å². The number of rotatable bonds is 0. The standard InChI is InChI=1S/C4H8N2.Ru/c1-2-6-4-3-5-1;/h1-4H2;/q-2;+2. The molecule has 0 N–H and O–H groups in total. The summed E-state index contributed by atoms with van der Waals surface area (Å²) in [6.07, 6.45) is 0. The minimum Gasteiger partial charge on any atom is -0.665 e. The normalized spacial score (nSPS) is 20.6. The van der Waals surface area contributed by atoms with Crippen molar-refractivity contribution in [2.24, 2.45) is 0 Å². The molecule has 1 aliphatic rings. The van der Waals surface area contributed by atoms with Crippen LogP contribution in [0.15, 0.2) is 0 Å². The molecule has 0 aromatic carbocycles. The first-order chi connectivity index (χ1) is 3.00. The Hall–Kier alpha value is 0.543. The van der Waals surface area contributed by atoms with Crippen molar-refractivity contribution in [1.29, 1.82) is 0 Å². The summed E-state index contributed by atoms with van der Waals surface area (Å²) in [5.41, 5.74) is 0. The molecule has 0 saturated carbocycles. The summed E-state index contributed by atoms with van der Waals surface area (Å²) in [6.45, 7) is 3.83. The van der Waals surface area contributed by atoms with Gasteiger partial charge in [0.2, 0.25) is 0 Å². The second-order valence-electron chi connectivity index (χ2n) is 1.34. The molecule has 0 aromatic heterocycles. The molecule has 42 valence electrons. The maximum absolute atomic E-state index is 4.08. The van der Waals surface area contributed by atoms with Gasteiger partial charge < -0.3 is 10.6 Å². The largest absolute Gasteiger partial charge is 2.00 e. The summed E-state index contributed by atoms with van der Waals surface area (Å²) < 4.78 is 0. The first-order valence-corrected chi connectivity index (χ1v) is 2.26. The monoisotopic (exact) mass is 186 g/mol. The van der Waals surface area contributed by atoms with Crippen LogP contribution >= 0.6 is 0 Å². The molecular formula is C4H8N2Ru. The van der Waals surface area contributed by atoms with Crippen LogP contribution in [-0.4, -0.2) is 26.2 Å². The van der Waals surface area contributed by atoms with Crippen LogP contribution in [0.25, 0.3) is 10.6 Å². The first-order valence-electron chi connectivity index (χ1n) is 2.26. The zero-order valence-electron chi connectivity index (χ0n) is 4.08. The molecule has 0 atom stereocenters. The van der Waals surface area contributed by atoms with Crippen LogP contribution < -0.4 is 0 Å². The fourth-order valence-corrected chi connectivity index (χ4v) is 0.506. The van der Waals surface area contributed by atoms with Crippen molar-refractivity contribution in [3.8, 4) is 0 Å². The average molecular weight is 185 g/mol. The molecule has 1 heterocycles. The van der Waals surface area contributed by atoms with Crippen molar-refractivity contribution in [3.63, 3.8) is 0 Å². The van der Waals surface area contributed by atoms with Crippen LogP contribution in [0.1, 0.15) is 0 Å². The van der Waals surface area contributed by atoms with Gasteiger partial charge in [0.25, 0.3) is 0 Å². The third kappa shape index (κ3) is 3.15. The van der Waals surface area contributed by atoms with Crippen LogP contribution in [0.3, 0.4) is 0 Å². The Morgan fingerprint density at radius 3 is 1.14 bits per heavy atom. The second-order valence-corrected chi connectivity index (χ2v) is 1.34. The maximum Gasteiger partial charge on any atom is 2.00 e. The van der Waals surface area contributed by atoms with E-state index in [2.05, 4.69) is 10.6 Å². The van der Waals surface area contributed by atoms with Gasteiger partial charge in [0, 0.05) is 0 Å². The fraction of sp³-hybridized carbons (Fsp3) is 1.00. The molecular weight excluding hydrogens is 177 g/mol. The van der Waals surface area contributed by atoms with Crippen molar-refractivity contribution in [1.82, 2.24) is 0 Å². The van der Waals surface area contributed by atoms with E-state index >= 15 is 0 Å². The third-order valence-electron chi connectivity index (χ3n) is 0.832.